The van der Waals surface area contributed by atoms with Crippen LogP contribution in [-0.2, 0) is 9.53 Å². The van der Waals surface area contributed by atoms with Gasteiger partial charge in [0.05, 0.1) is 18.2 Å². The number of hydrogen-bond acceptors (Lipinski definition) is 4. The molecule has 0 aromatic carbocycles. The van der Waals surface area contributed by atoms with Crippen LogP contribution in [0.4, 0.5) is 0 Å². The predicted molar refractivity (Wildman–Crippen MR) is 72.3 cm³/mol. The van der Waals surface area contributed by atoms with E-state index in [-0.39, 0.29) is 30.2 Å². The van der Waals surface area contributed by atoms with Crippen LogP contribution in [0.25, 0.3) is 0 Å². The number of ether oxygens (including phenoxy) is 1. The van der Waals surface area contributed by atoms with Crippen molar-refractivity contribution in [2.75, 3.05) is 19.6 Å². The number of hydrogen-bond donors (Lipinski definition) is 2. The van der Waals surface area contributed by atoms with E-state index in [4.69, 9.17) is 10.5 Å². The summed E-state index contributed by atoms with van der Waals surface area (Å²) < 4.78 is 5.69. The maximum Gasteiger partial charge on any atom is 0.234 e. The molecule has 0 saturated carbocycles. The van der Waals surface area contributed by atoms with E-state index < -0.39 is 0 Å². The van der Waals surface area contributed by atoms with Gasteiger partial charge < -0.3 is 15.8 Å². The average Bonchev–Trinajstić information content (AvgIpc) is 2.21. The molecule has 1 rings (SSSR count). The molecule has 0 aromatic heterocycles. The summed E-state index contributed by atoms with van der Waals surface area (Å²) >= 11 is 0. The van der Waals surface area contributed by atoms with Crippen molar-refractivity contribution in [1.82, 2.24) is 10.2 Å². The molecule has 18 heavy (non-hydrogen) atoms. The molecule has 3 N–H and O–H groups in total. The molecule has 0 spiro atoms. The van der Waals surface area contributed by atoms with Crippen LogP contribution in [0.5, 0.6) is 0 Å². The Morgan fingerprint density at radius 3 is 2.39 bits per heavy atom. The fourth-order valence-corrected chi connectivity index (χ4v) is 2.49. The lowest BCUT2D eigenvalue weighted by Crippen LogP contribution is -2.49. The minimum atomic E-state index is -0.266. The molecule has 3 atom stereocenters. The summed E-state index contributed by atoms with van der Waals surface area (Å²) in [5.41, 5.74) is 5.41. The lowest BCUT2D eigenvalue weighted by Gasteiger charge is -2.35. The van der Waals surface area contributed by atoms with E-state index in [0.717, 1.165) is 26.1 Å². The number of primary amides is 1. The van der Waals surface area contributed by atoms with Crippen molar-refractivity contribution in [3.05, 3.63) is 0 Å². The Morgan fingerprint density at radius 2 is 1.94 bits per heavy atom. The number of nitrogens with one attached hydrogen (secondary N) is 1. The van der Waals surface area contributed by atoms with Crippen molar-refractivity contribution >= 4 is 5.91 Å². The summed E-state index contributed by atoms with van der Waals surface area (Å²) in [5, 5.41) is 3.21. The van der Waals surface area contributed by atoms with E-state index in [0.29, 0.717) is 0 Å². The zero-order chi connectivity index (χ0) is 13.7. The number of rotatable bonds is 6. The smallest absolute Gasteiger partial charge is 0.234 e. The van der Waals surface area contributed by atoms with Gasteiger partial charge in [0.2, 0.25) is 5.91 Å². The van der Waals surface area contributed by atoms with E-state index in [1.165, 1.54) is 0 Å². The largest absolute Gasteiger partial charge is 0.373 e. The van der Waals surface area contributed by atoms with Crippen LogP contribution in [0.3, 0.4) is 0 Å². The lowest BCUT2D eigenvalue weighted by atomic mass is 10.1. The molecule has 1 unspecified atom stereocenters. The number of nitrogens with two attached hydrogens (primary N) is 1. The summed E-state index contributed by atoms with van der Waals surface area (Å²) in [5.74, 6) is -0.266. The first-order valence-electron chi connectivity index (χ1n) is 6.81. The molecular formula is C13H27N3O2. The molecule has 1 amide bonds. The third kappa shape index (κ3) is 5.33. The third-order valence-corrected chi connectivity index (χ3v) is 3.11. The Hall–Kier alpha value is -0.650. The first-order valence-corrected chi connectivity index (χ1v) is 6.81. The van der Waals surface area contributed by atoms with Crippen molar-refractivity contribution < 1.29 is 9.53 Å². The minimum absolute atomic E-state index is 0.238. The predicted octanol–water partition coefficient (Wildman–Crippen LogP) is 0.338. The van der Waals surface area contributed by atoms with Crippen LogP contribution in [-0.4, -0.2) is 54.7 Å². The number of nitrogens with zero attached hydrogens (tertiary/aromatic N) is 1. The van der Waals surface area contributed by atoms with Gasteiger partial charge in [-0.15, -0.1) is 0 Å². The zero-order valence-corrected chi connectivity index (χ0v) is 12.0. The van der Waals surface area contributed by atoms with Gasteiger partial charge in [0.15, 0.2) is 0 Å². The summed E-state index contributed by atoms with van der Waals surface area (Å²) in [6, 6.07) is 0.0310. The molecule has 5 nitrogen and oxygen atoms in total. The van der Waals surface area contributed by atoms with Crippen LogP contribution in [0.15, 0.2) is 0 Å². The lowest BCUT2D eigenvalue weighted by molar-refractivity contribution is -0.120. The third-order valence-electron chi connectivity index (χ3n) is 3.11. The van der Waals surface area contributed by atoms with Crippen LogP contribution in [0, 0.1) is 0 Å². The van der Waals surface area contributed by atoms with Crippen molar-refractivity contribution in [3.63, 3.8) is 0 Å². The Kier molecular flexibility index (Phi) is 6.05. The van der Waals surface area contributed by atoms with Gasteiger partial charge in [-0.05, 0) is 20.3 Å². The first-order chi connectivity index (χ1) is 8.38. The van der Waals surface area contributed by atoms with Crippen molar-refractivity contribution in [1.29, 1.82) is 0 Å². The van der Waals surface area contributed by atoms with Gasteiger partial charge in [0.25, 0.3) is 0 Å². The zero-order valence-electron chi connectivity index (χ0n) is 12.0. The Labute approximate surface area is 110 Å². The molecule has 1 saturated heterocycles. The standard InChI is InChI=1S/C13H27N3O2/c1-9(2)15-12(13(14)17)5-6-16-7-10(3)18-11(4)8-16/h9-12,15H,5-8H2,1-4H3,(H2,14,17)/t10-,11+,12?. The van der Waals surface area contributed by atoms with Gasteiger partial charge in [-0.2, -0.15) is 0 Å². The van der Waals surface area contributed by atoms with Gasteiger partial charge in [-0.25, -0.2) is 0 Å². The number of carbonyl (C=O) groups excluding carboxylic acids is 1. The van der Waals surface area contributed by atoms with Crippen LogP contribution in [0.2, 0.25) is 0 Å². The van der Waals surface area contributed by atoms with Crippen molar-refractivity contribution in [2.45, 2.75) is 58.4 Å². The van der Waals surface area contributed by atoms with E-state index in [1.54, 1.807) is 0 Å². The molecule has 0 aliphatic carbocycles. The number of morpholine rings is 1. The number of carbonyl (C=O) groups is 1. The first kappa shape index (κ1) is 15.4. The molecule has 5 heteroatoms. The molecule has 1 aliphatic heterocycles. The molecule has 0 radical (unpaired) electrons. The Bertz CT molecular complexity index is 261. The van der Waals surface area contributed by atoms with E-state index >= 15 is 0 Å². The monoisotopic (exact) mass is 257 g/mol. The maximum absolute atomic E-state index is 11.4. The fraction of sp³-hybridized carbons (Fsp3) is 0.923. The fourth-order valence-electron chi connectivity index (χ4n) is 2.49. The van der Waals surface area contributed by atoms with Gasteiger partial charge in [-0.3, -0.25) is 9.69 Å². The summed E-state index contributed by atoms with van der Waals surface area (Å²) in [7, 11) is 0. The molecule has 1 fully saturated rings. The van der Waals surface area contributed by atoms with Crippen molar-refractivity contribution in [3.8, 4) is 0 Å². The summed E-state index contributed by atoms with van der Waals surface area (Å²) in [4.78, 5) is 13.7. The SMILES string of the molecule is CC(C)NC(CCN1C[C@@H](C)O[C@@H](C)C1)C(N)=O. The molecule has 1 aliphatic rings. The highest BCUT2D eigenvalue weighted by Gasteiger charge is 2.24. The Morgan fingerprint density at radius 1 is 1.39 bits per heavy atom. The highest BCUT2D eigenvalue weighted by Crippen LogP contribution is 2.11. The molecule has 0 bridgehead atoms. The summed E-state index contributed by atoms with van der Waals surface area (Å²) in [6.07, 6.45) is 1.28. The van der Waals surface area contributed by atoms with E-state index in [9.17, 15) is 4.79 Å². The highest BCUT2D eigenvalue weighted by atomic mass is 16.5. The second-order valence-electron chi connectivity index (χ2n) is 5.58. The molecule has 106 valence electrons. The average molecular weight is 257 g/mol. The molecule has 0 aromatic rings. The van der Waals surface area contributed by atoms with Gasteiger partial charge in [0.1, 0.15) is 0 Å². The topological polar surface area (TPSA) is 67.6 Å². The van der Waals surface area contributed by atoms with Crippen LogP contribution in [0.1, 0.15) is 34.1 Å². The quantitative estimate of drug-likeness (QED) is 0.720. The summed E-state index contributed by atoms with van der Waals surface area (Å²) in [6.45, 7) is 10.9. The highest BCUT2D eigenvalue weighted by molar-refractivity contribution is 5.79. The second kappa shape index (κ2) is 7.07. The van der Waals surface area contributed by atoms with E-state index in [2.05, 4.69) is 24.1 Å². The Balaban J connectivity index is 2.39. The molecule has 1 heterocycles. The number of amides is 1. The normalized spacial score (nSPS) is 27.4. The second-order valence-corrected chi connectivity index (χ2v) is 5.58. The van der Waals surface area contributed by atoms with Crippen LogP contribution < -0.4 is 11.1 Å². The molecular weight excluding hydrogens is 230 g/mol. The van der Waals surface area contributed by atoms with E-state index in [1.807, 2.05) is 13.8 Å². The maximum atomic E-state index is 11.4. The minimum Gasteiger partial charge on any atom is -0.373 e. The van der Waals surface area contributed by atoms with Gasteiger partial charge in [-0.1, -0.05) is 13.8 Å². The van der Waals surface area contributed by atoms with Gasteiger partial charge in [0, 0.05) is 25.7 Å². The van der Waals surface area contributed by atoms with Gasteiger partial charge >= 0.3 is 0 Å². The van der Waals surface area contributed by atoms with Crippen molar-refractivity contribution in [2.24, 2.45) is 5.73 Å². The van der Waals surface area contributed by atoms with Crippen LogP contribution >= 0.6 is 0 Å².